The largest absolute Gasteiger partial charge is 0.467 e. The summed E-state index contributed by atoms with van der Waals surface area (Å²) in [5, 5.41) is 22.4. The van der Waals surface area contributed by atoms with Gasteiger partial charge in [-0.25, -0.2) is 9.59 Å². The molecule has 1 aromatic carbocycles. The second kappa shape index (κ2) is 20.0. The average molecular weight is 719 g/mol. The number of carbonyl (C=O) groups excluding carboxylic acids is 6. The summed E-state index contributed by atoms with van der Waals surface area (Å²) in [5.41, 5.74) is 5.33. The van der Waals surface area contributed by atoms with Crippen LogP contribution >= 0.6 is 0 Å². The van der Waals surface area contributed by atoms with Crippen molar-refractivity contribution in [3.05, 3.63) is 35.9 Å². The number of β-amino-alcohol motifs (C(OH)–C–C–N with tert-alkyl or cyclic N) is 1. The summed E-state index contributed by atoms with van der Waals surface area (Å²) in [5.74, 6) is -3.55. The Kier molecular flexibility index (Phi) is 16.8. The van der Waals surface area contributed by atoms with Crippen molar-refractivity contribution in [3.8, 4) is 0 Å². The number of aliphatic hydroxyl groups excluding tert-OH is 1. The highest BCUT2D eigenvalue weighted by atomic mass is 16.6. The average Bonchev–Trinajstić information content (AvgIpc) is 3.51. The molecule has 1 saturated heterocycles. The predicted octanol–water partition coefficient (Wildman–Crippen LogP) is 1.15. The zero-order valence-electron chi connectivity index (χ0n) is 31.2. The van der Waals surface area contributed by atoms with Crippen LogP contribution in [0.15, 0.2) is 30.3 Å². The topological polar surface area (TPSA) is 218 Å². The summed E-state index contributed by atoms with van der Waals surface area (Å²) in [4.78, 5) is 79.1. The van der Waals surface area contributed by atoms with Crippen LogP contribution in [0.2, 0.25) is 0 Å². The molecule has 0 aromatic heterocycles. The summed E-state index contributed by atoms with van der Waals surface area (Å²) in [6, 6.07) is 4.39. The van der Waals surface area contributed by atoms with Gasteiger partial charge < -0.3 is 41.6 Å². The molecule has 5 amide bonds. The fraction of sp³-hybridized carbons (Fsp3) is 0.667. The second-order valence-corrected chi connectivity index (χ2v) is 14.5. The maximum absolute atomic E-state index is 13.7. The van der Waals surface area contributed by atoms with E-state index in [9.17, 15) is 33.9 Å². The number of carbonyl (C=O) groups is 6. The van der Waals surface area contributed by atoms with E-state index in [1.54, 1.807) is 39.5 Å². The molecule has 0 saturated carbocycles. The quantitative estimate of drug-likeness (QED) is 0.119. The second-order valence-electron chi connectivity index (χ2n) is 14.5. The Morgan fingerprint density at radius 3 is 2.16 bits per heavy atom. The molecule has 51 heavy (non-hydrogen) atoms. The lowest BCUT2D eigenvalue weighted by Gasteiger charge is -2.33. The number of ether oxygens (including phenoxy) is 2. The Labute approximate surface area is 301 Å². The minimum absolute atomic E-state index is 0.00614. The van der Waals surface area contributed by atoms with Crippen molar-refractivity contribution < 1.29 is 43.3 Å². The van der Waals surface area contributed by atoms with Gasteiger partial charge in [-0.1, -0.05) is 64.4 Å². The SMILES string of the molecule is CCC(C)[C@H](NC(=O)C1CCCN1C[C@@H](O)[C@H](Cc1ccccc1)NC(=O)[C@H](CC(N)=O)NC(=O)OC(C)(C)C)C(=O)N[C@H](C(=O)OC)C(C)C. The van der Waals surface area contributed by atoms with Gasteiger partial charge in [0.2, 0.25) is 23.6 Å². The van der Waals surface area contributed by atoms with Crippen LogP contribution in [0.4, 0.5) is 4.79 Å². The van der Waals surface area contributed by atoms with E-state index >= 15 is 0 Å². The van der Waals surface area contributed by atoms with Gasteiger partial charge in [0.15, 0.2) is 0 Å². The van der Waals surface area contributed by atoms with E-state index in [1.807, 2.05) is 44.2 Å². The number of likely N-dealkylation sites (tertiary alicyclic amines) is 1. The van der Waals surface area contributed by atoms with E-state index in [-0.39, 0.29) is 24.8 Å². The maximum Gasteiger partial charge on any atom is 0.408 e. The van der Waals surface area contributed by atoms with Gasteiger partial charge in [-0.3, -0.25) is 24.1 Å². The highest BCUT2D eigenvalue weighted by Gasteiger charge is 2.38. The fourth-order valence-corrected chi connectivity index (χ4v) is 5.82. The first kappa shape index (κ1) is 42.9. The van der Waals surface area contributed by atoms with Gasteiger partial charge in [0.05, 0.1) is 31.7 Å². The number of hydrogen-bond donors (Lipinski definition) is 6. The number of benzene rings is 1. The maximum atomic E-state index is 13.7. The Hall–Kier alpha value is -4.24. The van der Waals surface area contributed by atoms with Gasteiger partial charge in [0.25, 0.3) is 0 Å². The van der Waals surface area contributed by atoms with Crippen LogP contribution in [-0.4, -0.2) is 108 Å². The summed E-state index contributed by atoms with van der Waals surface area (Å²) >= 11 is 0. The minimum atomic E-state index is -1.37. The molecule has 0 radical (unpaired) electrons. The molecule has 7 N–H and O–H groups in total. The summed E-state index contributed by atoms with van der Waals surface area (Å²) < 4.78 is 10.1. The number of rotatable bonds is 18. The van der Waals surface area contributed by atoms with E-state index in [0.29, 0.717) is 25.8 Å². The van der Waals surface area contributed by atoms with Crippen molar-refractivity contribution in [2.45, 2.75) is 122 Å². The lowest BCUT2D eigenvalue weighted by atomic mass is 9.96. The molecule has 0 spiro atoms. The number of aliphatic hydroxyl groups is 1. The number of esters is 1. The van der Waals surface area contributed by atoms with Crippen molar-refractivity contribution in [2.24, 2.45) is 17.6 Å². The summed E-state index contributed by atoms with van der Waals surface area (Å²) in [6.07, 6.45) is -0.712. The number of nitrogens with zero attached hydrogens (tertiary/aromatic N) is 1. The number of nitrogens with two attached hydrogens (primary N) is 1. The number of primary amides is 1. The zero-order chi connectivity index (χ0) is 38.5. The van der Waals surface area contributed by atoms with Crippen LogP contribution in [0.25, 0.3) is 0 Å². The van der Waals surface area contributed by atoms with Crippen LogP contribution in [0.5, 0.6) is 0 Å². The normalized spacial score (nSPS) is 18.4. The standard InChI is InChI=1S/C36H58N6O9/c1-9-22(4)30(33(47)40-29(21(2)3)34(48)50-8)41-32(46)26-16-13-17-42(26)20-27(43)24(18-23-14-11-10-12-15-23)38-31(45)25(19-28(37)44)39-35(49)51-36(5,6)7/h10-12,14-15,21-22,24-27,29-30,43H,9,13,16-20H2,1-8H3,(H2,37,44)(H,38,45)(H,39,49)(H,40,47)(H,41,46)/t22?,24-,25-,26?,27+,29-,30-/m0/s1. The third kappa shape index (κ3) is 14.1. The van der Waals surface area contributed by atoms with Gasteiger partial charge in [0.1, 0.15) is 23.7 Å². The third-order valence-corrected chi connectivity index (χ3v) is 8.80. The van der Waals surface area contributed by atoms with E-state index in [2.05, 4.69) is 21.3 Å². The monoisotopic (exact) mass is 718 g/mol. The first-order valence-electron chi connectivity index (χ1n) is 17.6. The Morgan fingerprint density at radius 1 is 0.961 bits per heavy atom. The molecule has 15 nitrogen and oxygen atoms in total. The molecule has 15 heteroatoms. The van der Waals surface area contributed by atoms with Crippen LogP contribution < -0.4 is 27.0 Å². The molecular weight excluding hydrogens is 660 g/mol. The van der Waals surface area contributed by atoms with E-state index < -0.39 is 84.0 Å². The van der Waals surface area contributed by atoms with Crippen LogP contribution in [0.3, 0.4) is 0 Å². The van der Waals surface area contributed by atoms with Gasteiger partial charge >= 0.3 is 12.1 Å². The summed E-state index contributed by atoms with van der Waals surface area (Å²) in [6.45, 7) is 12.7. The number of hydrogen-bond acceptors (Lipinski definition) is 10. The highest BCUT2D eigenvalue weighted by molar-refractivity contribution is 5.92. The number of amides is 5. The van der Waals surface area contributed by atoms with Crippen LogP contribution in [-0.2, 0) is 39.9 Å². The first-order valence-corrected chi connectivity index (χ1v) is 17.6. The Balaban J connectivity index is 2.26. The van der Waals surface area contributed by atoms with Gasteiger partial charge in [-0.2, -0.15) is 0 Å². The molecule has 1 heterocycles. The predicted molar refractivity (Wildman–Crippen MR) is 190 cm³/mol. The minimum Gasteiger partial charge on any atom is -0.467 e. The molecular formula is C36H58N6O9. The van der Waals surface area contributed by atoms with Crippen molar-refractivity contribution >= 4 is 35.7 Å². The van der Waals surface area contributed by atoms with E-state index in [1.165, 1.54) is 7.11 Å². The molecule has 7 atom stereocenters. The van der Waals surface area contributed by atoms with E-state index in [4.69, 9.17) is 15.2 Å². The highest BCUT2D eigenvalue weighted by Crippen LogP contribution is 2.21. The van der Waals surface area contributed by atoms with Gasteiger partial charge in [-0.05, 0) is 64.0 Å². The first-order chi connectivity index (χ1) is 23.9. The third-order valence-electron chi connectivity index (χ3n) is 8.80. The Morgan fingerprint density at radius 2 is 1.61 bits per heavy atom. The van der Waals surface area contributed by atoms with Crippen LogP contribution in [0.1, 0.15) is 79.7 Å². The molecule has 1 aliphatic heterocycles. The lowest BCUT2D eigenvalue weighted by molar-refractivity contribution is -0.147. The number of alkyl carbamates (subject to hydrolysis) is 1. The molecule has 2 rings (SSSR count). The number of methoxy groups -OCH3 is 1. The molecule has 1 fully saturated rings. The fourth-order valence-electron chi connectivity index (χ4n) is 5.82. The van der Waals surface area contributed by atoms with Crippen LogP contribution in [0, 0.1) is 11.8 Å². The van der Waals surface area contributed by atoms with Crippen molar-refractivity contribution in [1.29, 1.82) is 0 Å². The molecule has 1 aromatic rings. The van der Waals surface area contributed by atoms with Gasteiger partial charge in [0, 0.05) is 6.54 Å². The number of nitrogens with one attached hydrogen (secondary N) is 4. The summed E-state index contributed by atoms with van der Waals surface area (Å²) in [7, 11) is 1.25. The molecule has 0 bridgehead atoms. The van der Waals surface area contributed by atoms with E-state index in [0.717, 1.165) is 5.56 Å². The smallest absolute Gasteiger partial charge is 0.408 e. The molecule has 286 valence electrons. The van der Waals surface area contributed by atoms with Crippen molar-refractivity contribution in [3.63, 3.8) is 0 Å². The van der Waals surface area contributed by atoms with Crippen molar-refractivity contribution in [2.75, 3.05) is 20.2 Å². The lowest BCUT2D eigenvalue weighted by Crippen LogP contribution is -2.59. The molecule has 2 unspecified atom stereocenters. The van der Waals surface area contributed by atoms with Gasteiger partial charge in [-0.15, -0.1) is 0 Å². The Bertz CT molecular complexity index is 1340. The van der Waals surface area contributed by atoms with Crippen molar-refractivity contribution in [1.82, 2.24) is 26.2 Å². The molecule has 0 aliphatic carbocycles. The zero-order valence-corrected chi connectivity index (χ0v) is 31.2. The molecule has 1 aliphatic rings.